The van der Waals surface area contributed by atoms with E-state index in [1.165, 1.54) is 22.3 Å². The molecule has 0 fully saturated rings. The Labute approximate surface area is 181 Å². The number of hydrogen-bond donors (Lipinski definition) is 2. The first-order valence-corrected chi connectivity index (χ1v) is 10.1. The van der Waals surface area contributed by atoms with Crippen LogP contribution in [0, 0.1) is 12.3 Å². The highest BCUT2D eigenvalue weighted by Gasteiger charge is 2.28. The fourth-order valence-corrected chi connectivity index (χ4v) is 3.83. The zero-order chi connectivity index (χ0) is 21.6. The van der Waals surface area contributed by atoms with Crippen molar-refractivity contribution < 1.29 is 14.3 Å². The normalized spacial score (nSPS) is 11.7. The molecular weight excluding hydrogens is 388 g/mol. The van der Waals surface area contributed by atoms with Crippen LogP contribution in [0.4, 0.5) is 4.79 Å². The predicted octanol–water partition coefficient (Wildman–Crippen LogP) is 4.09. The third kappa shape index (κ3) is 4.44. The Bertz CT molecular complexity index is 1100. The summed E-state index contributed by atoms with van der Waals surface area (Å²) in [6, 6.07) is 23.4. The van der Waals surface area contributed by atoms with Crippen LogP contribution >= 0.6 is 0 Å². The van der Waals surface area contributed by atoms with E-state index in [4.69, 9.17) is 11.2 Å². The van der Waals surface area contributed by atoms with Crippen LogP contribution in [-0.4, -0.2) is 25.2 Å². The Hall–Kier alpha value is -4.04. The van der Waals surface area contributed by atoms with E-state index in [2.05, 4.69) is 40.8 Å². The van der Waals surface area contributed by atoms with Gasteiger partial charge in [0.2, 0.25) is 0 Å². The topological polar surface area (TPSA) is 67.4 Å². The van der Waals surface area contributed by atoms with Crippen molar-refractivity contribution in [1.29, 1.82) is 0 Å². The molecule has 0 saturated carbocycles. The number of alkyl carbamates (subject to hydrolysis) is 1. The summed E-state index contributed by atoms with van der Waals surface area (Å²) in [7, 11) is 0. The number of amides is 2. The van der Waals surface area contributed by atoms with Crippen molar-refractivity contribution >= 4 is 12.0 Å². The van der Waals surface area contributed by atoms with Gasteiger partial charge in [-0.1, -0.05) is 66.6 Å². The van der Waals surface area contributed by atoms with Crippen molar-refractivity contribution in [3.05, 3.63) is 95.1 Å². The number of rotatable bonds is 6. The van der Waals surface area contributed by atoms with Crippen molar-refractivity contribution in [3.63, 3.8) is 0 Å². The SMILES string of the molecule is C#CCNC(=O)c1ccc(CNC(=O)OCC2c3ccccc3-c3ccccc32)cc1. The van der Waals surface area contributed by atoms with Gasteiger partial charge in [0.15, 0.2) is 0 Å². The largest absolute Gasteiger partial charge is 0.449 e. The van der Waals surface area contributed by atoms with Crippen LogP contribution in [0.25, 0.3) is 11.1 Å². The average molecular weight is 410 g/mol. The standard InChI is InChI=1S/C26H22N2O3/c1-2-15-27-25(29)19-13-11-18(12-14-19)16-28-26(30)31-17-24-22-9-5-3-7-20(22)21-8-4-6-10-23(21)24/h1,3-14,24H,15-17H2,(H,27,29)(H,28,30). The minimum Gasteiger partial charge on any atom is -0.449 e. The van der Waals surface area contributed by atoms with Crippen LogP contribution in [-0.2, 0) is 11.3 Å². The third-order valence-electron chi connectivity index (χ3n) is 5.35. The number of carbonyl (C=O) groups is 2. The van der Waals surface area contributed by atoms with Gasteiger partial charge >= 0.3 is 6.09 Å². The molecule has 2 amide bonds. The molecule has 2 N–H and O–H groups in total. The average Bonchev–Trinajstić information content (AvgIpc) is 3.14. The monoisotopic (exact) mass is 410 g/mol. The van der Waals surface area contributed by atoms with E-state index in [0.717, 1.165) is 5.56 Å². The second kappa shape index (κ2) is 9.19. The van der Waals surface area contributed by atoms with Gasteiger partial charge in [-0.15, -0.1) is 6.42 Å². The number of fused-ring (bicyclic) bond motifs is 3. The molecule has 1 aliphatic carbocycles. The minimum atomic E-state index is -0.474. The Balaban J connectivity index is 1.32. The zero-order valence-corrected chi connectivity index (χ0v) is 16.9. The molecule has 31 heavy (non-hydrogen) atoms. The molecular formula is C26H22N2O3. The van der Waals surface area contributed by atoms with Crippen LogP contribution in [0.15, 0.2) is 72.8 Å². The van der Waals surface area contributed by atoms with Gasteiger partial charge in [0, 0.05) is 18.0 Å². The first-order chi connectivity index (χ1) is 15.2. The molecule has 5 nitrogen and oxygen atoms in total. The third-order valence-corrected chi connectivity index (χ3v) is 5.35. The van der Waals surface area contributed by atoms with Gasteiger partial charge in [-0.25, -0.2) is 4.79 Å². The lowest BCUT2D eigenvalue weighted by atomic mass is 9.98. The summed E-state index contributed by atoms with van der Waals surface area (Å²) in [6.07, 6.45) is 4.67. The summed E-state index contributed by atoms with van der Waals surface area (Å²) in [4.78, 5) is 24.1. The van der Waals surface area contributed by atoms with Gasteiger partial charge in [0.1, 0.15) is 6.61 Å². The highest BCUT2D eigenvalue weighted by Crippen LogP contribution is 2.44. The van der Waals surface area contributed by atoms with Crippen LogP contribution < -0.4 is 10.6 Å². The highest BCUT2D eigenvalue weighted by atomic mass is 16.5. The van der Waals surface area contributed by atoms with E-state index < -0.39 is 6.09 Å². The number of ether oxygens (including phenoxy) is 1. The first kappa shape index (κ1) is 20.2. The van der Waals surface area contributed by atoms with Crippen molar-refractivity contribution in [2.24, 2.45) is 0 Å². The van der Waals surface area contributed by atoms with E-state index in [0.29, 0.717) is 12.1 Å². The molecule has 5 heteroatoms. The smallest absolute Gasteiger partial charge is 0.407 e. The van der Waals surface area contributed by atoms with Gasteiger partial charge in [0.05, 0.1) is 6.54 Å². The zero-order valence-electron chi connectivity index (χ0n) is 16.9. The van der Waals surface area contributed by atoms with E-state index >= 15 is 0 Å². The van der Waals surface area contributed by atoms with Crippen molar-refractivity contribution in [3.8, 4) is 23.5 Å². The summed E-state index contributed by atoms with van der Waals surface area (Å²) < 4.78 is 5.53. The molecule has 0 atom stereocenters. The summed E-state index contributed by atoms with van der Waals surface area (Å²) >= 11 is 0. The summed E-state index contributed by atoms with van der Waals surface area (Å²) in [5.41, 5.74) is 6.12. The van der Waals surface area contributed by atoms with E-state index in [1.54, 1.807) is 24.3 Å². The van der Waals surface area contributed by atoms with Gasteiger partial charge in [-0.2, -0.15) is 0 Å². The molecule has 4 rings (SSSR count). The lowest BCUT2D eigenvalue weighted by molar-refractivity contribution is 0.0958. The second-order valence-electron chi connectivity index (χ2n) is 7.26. The highest BCUT2D eigenvalue weighted by molar-refractivity contribution is 5.94. The Morgan fingerprint density at radius 3 is 2.10 bits per heavy atom. The molecule has 1 aliphatic rings. The fourth-order valence-electron chi connectivity index (χ4n) is 3.83. The van der Waals surface area contributed by atoms with Gasteiger partial charge < -0.3 is 15.4 Å². The number of benzene rings is 3. The van der Waals surface area contributed by atoms with Crippen molar-refractivity contribution in [1.82, 2.24) is 10.6 Å². The fraction of sp³-hybridized carbons (Fsp3) is 0.154. The first-order valence-electron chi connectivity index (χ1n) is 10.1. The van der Waals surface area contributed by atoms with E-state index in [9.17, 15) is 9.59 Å². The Morgan fingerprint density at radius 1 is 0.871 bits per heavy atom. The van der Waals surface area contributed by atoms with E-state index in [-0.39, 0.29) is 25.0 Å². The maximum Gasteiger partial charge on any atom is 0.407 e. The number of carbonyl (C=O) groups excluding carboxylic acids is 2. The van der Waals surface area contributed by atoms with E-state index in [1.807, 2.05) is 24.3 Å². The minimum absolute atomic E-state index is 0.0268. The number of nitrogens with one attached hydrogen (secondary N) is 2. The quantitative estimate of drug-likeness (QED) is 0.602. The molecule has 3 aromatic rings. The number of hydrogen-bond acceptors (Lipinski definition) is 3. The van der Waals surface area contributed by atoms with Crippen LogP contribution in [0.3, 0.4) is 0 Å². The van der Waals surface area contributed by atoms with Gasteiger partial charge in [-0.3, -0.25) is 4.79 Å². The summed E-state index contributed by atoms with van der Waals surface area (Å²) in [6.45, 7) is 0.765. The second-order valence-corrected chi connectivity index (χ2v) is 7.26. The van der Waals surface area contributed by atoms with Crippen LogP contribution in [0.1, 0.15) is 33.0 Å². The van der Waals surface area contributed by atoms with Crippen LogP contribution in [0.5, 0.6) is 0 Å². The molecule has 154 valence electrons. The van der Waals surface area contributed by atoms with Crippen molar-refractivity contribution in [2.75, 3.05) is 13.2 Å². The molecule has 3 aromatic carbocycles. The maximum atomic E-state index is 12.3. The molecule has 0 aromatic heterocycles. The van der Waals surface area contributed by atoms with Crippen LogP contribution in [0.2, 0.25) is 0 Å². The Kier molecular flexibility index (Phi) is 6.00. The lowest BCUT2D eigenvalue weighted by Gasteiger charge is -2.14. The van der Waals surface area contributed by atoms with Gasteiger partial charge in [0.25, 0.3) is 5.91 Å². The molecule has 0 spiro atoms. The van der Waals surface area contributed by atoms with Crippen molar-refractivity contribution in [2.45, 2.75) is 12.5 Å². The lowest BCUT2D eigenvalue weighted by Crippen LogP contribution is -2.26. The Morgan fingerprint density at radius 2 is 1.48 bits per heavy atom. The molecule has 0 aliphatic heterocycles. The predicted molar refractivity (Wildman–Crippen MR) is 120 cm³/mol. The molecule has 0 saturated heterocycles. The summed E-state index contributed by atoms with van der Waals surface area (Å²) in [5, 5.41) is 5.38. The molecule has 0 heterocycles. The number of terminal acetylenes is 1. The molecule has 0 unspecified atom stereocenters. The molecule has 0 bridgehead atoms. The maximum absolute atomic E-state index is 12.3. The summed E-state index contributed by atoms with van der Waals surface area (Å²) in [5.74, 6) is 2.16. The molecule has 0 radical (unpaired) electrons. The van der Waals surface area contributed by atoms with Gasteiger partial charge in [-0.05, 0) is 39.9 Å².